The third-order valence-electron chi connectivity index (χ3n) is 7.43. The number of likely N-dealkylation sites (N-methyl/N-ethyl adjacent to an activating group) is 1. The molecule has 3 unspecified atom stereocenters. The summed E-state index contributed by atoms with van der Waals surface area (Å²) in [4.78, 5) is 42.0. The second kappa shape index (κ2) is 8.44. The minimum absolute atomic E-state index is 0.108. The topological polar surface area (TPSA) is 111 Å². The van der Waals surface area contributed by atoms with Crippen molar-refractivity contribution in [2.24, 2.45) is 0 Å². The molecule has 5 rings (SSSR count). The lowest BCUT2D eigenvalue weighted by molar-refractivity contribution is -0.175. The van der Waals surface area contributed by atoms with Gasteiger partial charge in [0.2, 0.25) is 11.8 Å². The molecule has 1 aliphatic carbocycles. The Bertz CT molecular complexity index is 1180. The minimum atomic E-state index is -1.01. The zero-order chi connectivity index (χ0) is 25.0. The van der Waals surface area contributed by atoms with Crippen LogP contribution in [0.4, 0.5) is 5.69 Å². The van der Waals surface area contributed by atoms with Crippen molar-refractivity contribution < 1.29 is 24.2 Å². The average Bonchev–Trinajstić information content (AvgIpc) is 3.30. The van der Waals surface area contributed by atoms with Gasteiger partial charge in [-0.05, 0) is 49.7 Å². The summed E-state index contributed by atoms with van der Waals surface area (Å²) in [6.45, 7) is 3.62. The molecule has 35 heavy (non-hydrogen) atoms. The minimum Gasteiger partial charge on any atom is -0.363 e. The number of carbonyl (C=O) groups is 3. The van der Waals surface area contributed by atoms with E-state index in [0.717, 1.165) is 16.7 Å². The van der Waals surface area contributed by atoms with Crippen molar-refractivity contribution in [3.63, 3.8) is 0 Å². The van der Waals surface area contributed by atoms with Crippen LogP contribution in [0.1, 0.15) is 36.6 Å². The van der Waals surface area contributed by atoms with Crippen LogP contribution >= 0.6 is 0 Å². The van der Waals surface area contributed by atoms with Crippen LogP contribution in [0.3, 0.4) is 0 Å². The Balaban J connectivity index is 1.32. The molecule has 0 aromatic heterocycles. The first-order valence-electron chi connectivity index (χ1n) is 11.7. The highest BCUT2D eigenvalue weighted by Gasteiger charge is 2.54. The lowest BCUT2D eigenvalue weighted by Crippen LogP contribution is -2.56. The molecule has 2 saturated heterocycles. The second-order valence-corrected chi connectivity index (χ2v) is 10.1. The van der Waals surface area contributed by atoms with Gasteiger partial charge in [0.25, 0.3) is 5.91 Å². The summed E-state index contributed by atoms with van der Waals surface area (Å²) >= 11 is 0. The van der Waals surface area contributed by atoms with E-state index in [1.54, 1.807) is 36.8 Å². The van der Waals surface area contributed by atoms with Gasteiger partial charge in [0, 0.05) is 18.5 Å². The van der Waals surface area contributed by atoms with Crippen LogP contribution in [-0.2, 0) is 32.0 Å². The number of benzene rings is 2. The number of hydrogen-bond donors (Lipinski definition) is 3. The van der Waals surface area contributed by atoms with Crippen LogP contribution in [0.25, 0.3) is 0 Å². The standard InChI is InChI=1S/C26H30N4O5/c1-25(2)23(33)30(20(15-35-25)16-7-5-4-6-8-16)14-21(31)27-19-10-9-17-12-26(13-18(17)11-19)22(32)28-24(34)29(26)3/h4-11,20,24,34H,12-15H2,1-3H3,(H,27,31)(H,28,32). The van der Waals surface area contributed by atoms with E-state index in [2.05, 4.69) is 10.6 Å². The van der Waals surface area contributed by atoms with Gasteiger partial charge in [-0.2, -0.15) is 0 Å². The summed E-state index contributed by atoms with van der Waals surface area (Å²) in [7, 11) is 1.72. The van der Waals surface area contributed by atoms with E-state index in [4.69, 9.17) is 4.74 Å². The molecule has 3 atom stereocenters. The van der Waals surface area contributed by atoms with Gasteiger partial charge in [0.15, 0.2) is 6.35 Å². The van der Waals surface area contributed by atoms with Crippen LogP contribution < -0.4 is 10.6 Å². The van der Waals surface area contributed by atoms with Crippen molar-refractivity contribution in [2.45, 2.75) is 50.2 Å². The fraction of sp³-hybridized carbons (Fsp3) is 0.423. The molecule has 2 heterocycles. The number of amides is 3. The number of aliphatic hydroxyl groups is 1. The Labute approximate surface area is 204 Å². The normalized spacial score (nSPS) is 27.7. The Kier molecular flexibility index (Phi) is 5.66. The first-order chi connectivity index (χ1) is 16.6. The maximum Gasteiger partial charge on any atom is 0.255 e. The summed E-state index contributed by atoms with van der Waals surface area (Å²) in [6.07, 6.45) is -0.0761. The molecule has 0 bridgehead atoms. The first kappa shape index (κ1) is 23.5. The van der Waals surface area contributed by atoms with Crippen LogP contribution in [-0.4, -0.2) is 70.3 Å². The van der Waals surface area contributed by atoms with Gasteiger partial charge in [-0.1, -0.05) is 36.4 Å². The SMILES string of the molecule is CN1C(O)NC(=O)C12Cc1ccc(NC(=O)CN3C(=O)C(C)(C)OCC3c3ccccc3)cc1C2. The largest absolute Gasteiger partial charge is 0.363 e. The van der Waals surface area contributed by atoms with Crippen molar-refractivity contribution >= 4 is 23.4 Å². The number of hydrogen-bond acceptors (Lipinski definition) is 6. The van der Waals surface area contributed by atoms with Crippen molar-refractivity contribution in [1.82, 2.24) is 15.1 Å². The smallest absolute Gasteiger partial charge is 0.255 e. The lowest BCUT2D eigenvalue weighted by atomic mass is 9.95. The summed E-state index contributed by atoms with van der Waals surface area (Å²) in [6, 6.07) is 14.8. The van der Waals surface area contributed by atoms with Crippen molar-refractivity contribution in [3.05, 3.63) is 65.2 Å². The molecule has 3 aliphatic rings. The molecule has 184 valence electrons. The van der Waals surface area contributed by atoms with E-state index in [1.807, 2.05) is 42.5 Å². The highest BCUT2D eigenvalue weighted by atomic mass is 16.5. The number of rotatable bonds is 4. The highest BCUT2D eigenvalue weighted by molar-refractivity contribution is 5.96. The summed E-state index contributed by atoms with van der Waals surface area (Å²) in [5.41, 5.74) is 1.64. The summed E-state index contributed by atoms with van der Waals surface area (Å²) in [5.74, 6) is -0.747. The van der Waals surface area contributed by atoms with Crippen LogP contribution in [0.2, 0.25) is 0 Å². The van der Waals surface area contributed by atoms with Gasteiger partial charge >= 0.3 is 0 Å². The quantitative estimate of drug-likeness (QED) is 0.609. The fourth-order valence-corrected chi connectivity index (χ4v) is 5.30. The Hall–Kier alpha value is -3.27. The number of morpholine rings is 1. The molecule has 9 heteroatoms. The summed E-state index contributed by atoms with van der Waals surface area (Å²) in [5, 5.41) is 15.6. The highest BCUT2D eigenvalue weighted by Crippen LogP contribution is 2.39. The maximum absolute atomic E-state index is 13.2. The number of fused-ring (bicyclic) bond motifs is 1. The van der Waals surface area contributed by atoms with Gasteiger partial charge in [-0.25, -0.2) is 4.90 Å². The molecule has 3 N–H and O–H groups in total. The Morgan fingerprint density at radius 1 is 1.14 bits per heavy atom. The van der Waals surface area contributed by atoms with Gasteiger partial charge in [-0.15, -0.1) is 0 Å². The molecule has 2 aliphatic heterocycles. The van der Waals surface area contributed by atoms with Gasteiger partial charge in [0.1, 0.15) is 17.7 Å². The molecule has 0 saturated carbocycles. The van der Waals surface area contributed by atoms with E-state index in [1.165, 1.54) is 0 Å². The first-order valence-corrected chi connectivity index (χ1v) is 11.7. The van der Waals surface area contributed by atoms with Gasteiger partial charge in [0.05, 0.1) is 12.6 Å². The lowest BCUT2D eigenvalue weighted by Gasteiger charge is -2.42. The maximum atomic E-state index is 13.2. The number of nitrogens with one attached hydrogen (secondary N) is 2. The second-order valence-electron chi connectivity index (χ2n) is 10.1. The molecular formula is C26H30N4O5. The van der Waals surface area contributed by atoms with E-state index < -0.39 is 17.5 Å². The van der Waals surface area contributed by atoms with Crippen molar-refractivity contribution in [3.8, 4) is 0 Å². The van der Waals surface area contributed by atoms with Gasteiger partial charge in [-0.3, -0.25) is 14.4 Å². The van der Waals surface area contributed by atoms with E-state index >= 15 is 0 Å². The molecule has 3 amide bonds. The number of nitrogens with zero attached hydrogens (tertiary/aromatic N) is 2. The van der Waals surface area contributed by atoms with Crippen LogP contribution in [0.5, 0.6) is 0 Å². The average molecular weight is 479 g/mol. The number of aliphatic hydroxyl groups excluding tert-OH is 1. The molecule has 1 spiro atoms. The predicted molar refractivity (Wildman–Crippen MR) is 128 cm³/mol. The third kappa shape index (κ3) is 3.99. The number of ether oxygens (including phenoxy) is 1. The Morgan fingerprint density at radius 2 is 1.86 bits per heavy atom. The summed E-state index contributed by atoms with van der Waals surface area (Å²) < 4.78 is 5.82. The fourth-order valence-electron chi connectivity index (χ4n) is 5.30. The molecule has 0 radical (unpaired) electrons. The predicted octanol–water partition coefficient (Wildman–Crippen LogP) is 1.18. The monoisotopic (exact) mass is 478 g/mol. The van der Waals surface area contributed by atoms with E-state index in [9.17, 15) is 19.5 Å². The van der Waals surface area contributed by atoms with Crippen molar-refractivity contribution in [1.29, 1.82) is 0 Å². The van der Waals surface area contributed by atoms with E-state index in [0.29, 0.717) is 25.1 Å². The number of carbonyl (C=O) groups excluding carboxylic acids is 3. The zero-order valence-corrected chi connectivity index (χ0v) is 20.1. The van der Waals surface area contributed by atoms with Gasteiger partial charge < -0.3 is 25.4 Å². The molecule has 2 fully saturated rings. The molecule has 2 aromatic carbocycles. The zero-order valence-electron chi connectivity index (χ0n) is 20.1. The molecular weight excluding hydrogens is 448 g/mol. The number of anilines is 1. The Morgan fingerprint density at radius 3 is 2.54 bits per heavy atom. The van der Waals surface area contributed by atoms with Crippen molar-refractivity contribution in [2.75, 3.05) is 25.5 Å². The molecule has 9 nitrogen and oxygen atoms in total. The molecule has 2 aromatic rings. The van der Waals surface area contributed by atoms with E-state index in [-0.39, 0.29) is 30.3 Å². The third-order valence-corrected chi connectivity index (χ3v) is 7.43. The van der Waals surface area contributed by atoms with Crippen LogP contribution in [0, 0.1) is 0 Å². The van der Waals surface area contributed by atoms with Crippen LogP contribution in [0.15, 0.2) is 48.5 Å².